The average Bonchev–Trinajstić information content (AvgIpc) is 2.65. The Morgan fingerprint density at radius 2 is 1.48 bits per heavy atom. The van der Waals surface area contributed by atoms with E-state index in [0.29, 0.717) is 19.8 Å². The smallest absolute Gasteiger partial charge is 0.346 e. The quantitative estimate of drug-likeness (QED) is 0.162. The van der Waals surface area contributed by atoms with Crippen molar-refractivity contribution >= 4 is 17.3 Å². The number of nitro groups is 2. The third kappa shape index (κ3) is 8.23. The molecule has 1 aromatic rings. The summed E-state index contributed by atoms with van der Waals surface area (Å²) in [6.07, 6.45) is 5.01. The zero-order valence-corrected chi connectivity index (χ0v) is 14.3. The fraction of sp³-hybridized carbons (Fsp3) is 0.438. The van der Waals surface area contributed by atoms with Gasteiger partial charge in [0.15, 0.2) is 0 Å². The van der Waals surface area contributed by atoms with E-state index in [1.807, 2.05) is 0 Å². The number of hydrogen-bond donors (Lipinski definition) is 0. The van der Waals surface area contributed by atoms with Crippen LogP contribution in [0.15, 0.2) is 18.2 Å². The molecule has 0 atom stereocenters. The normalized spacial score (nSPS) is 10.2. The molecule has 0 aliphatic rings. The van der Waals surface area contributed by atoms with E-state index in [9.17, 15) is 25.0 Å². The molecule has 0 unspecified atom stereocenters. The van der Waals surface area contributed by atoms with Gasteiger partial charge in [-0.1, -0.05) is 5.92 Å². The van der Waals surface area contributed by atoms with Gasteiger partial charge in [-0.05, 0) is 6.07 Å². The van der Waals surface area contributed by atoms with Gasteiger partial charge in [0.1, 0.15) is 13.2 Å². The van der Waals surface area contributed by atoms with Crippen LogP contribution in [0.25, 0.3) is 0 Å². The third-order valence-electron chi connectivity index (χ3n) is 2.99. The molecule has 0 saturated carbocycles. The minimum Gasteiger partial charge on any atom is -0.460 e. The van der Waals surface area contributed by atoms with E-state index in [4.69, 9.17) is 25.4 Å². The summed E-state index contributed by atoms with van der Waals surface area (Å²) in [7, 11) is 0. The van der Waals surface area contributed by atoms with Crippen molar-refractivity contribution in [3.05, 3.63) is 44.0 Å². The lowest BCUT2D eigenvalue weighted by Gasteiger charge is -2.07. The van der Waals surface area contributed by atoms with Crippen molar-refractivity contribution in [2.24, 2.45) is 0 Å². The first kappa shape index (κ1) is 22.0. The van der Waals surface area contributed by atoms with Crippen LogP contribution < -0.4 is 0 Å². The average molecular weight is 382 g/mol. The van der Waals surface area contributed by atoms with Gasteiger partial charge in [-0.15, -0.1) is 6.42 Å². The zero-order chi connectivity index (χ0) is 20.1. The fourth-order valence-corrected chi connectivity index (χ4v) is 1.80. The Bertz CT molecular complexity index is 700. The first-order valence-electron chi connectivity index (χ1n) is 7.74. The lowest BCUT2D eigenvalue weighted by molar-refractivity contribution is -0.422. The highest BCUT2D eigenvalue weighted by atomic mass is 16.6. The van der Waals surface area contributed by atoms with E-state index >= 15 is 0 Å². The van der Waals surface area contributed by atoms with Gasteiger partial charge in [0, 0.05) is 12.1 Å². The van der Waals surface area contributed by atoms with Gasteiger partial charge in [0.05, 0.1) is 48.4 Å². The Hall–Kier alpha value is -3.07. The first-order valence-corrected chi connectivity index (χ1v) is 7.74. The number of terminal acetylenes is 1. The second-order valence-corrected chi connectivity index (χ2v) is 4.84. The summed E-state index contributed by atoms with van der Waals surface area (Å²) >= 11 is 0. The topological polar surface area (TPSA) is 140 Å². The highest BCUT2D eigenvalue weighted by Crippen LogP contribution is 2.27. The van der Waals surface area contributed by atoms with Crippen LogP contribution in [-0.4, -0.2) is 62.1 Å². The molecule has 0 N–H and O–H groups in total. The Labute approximate surface area is 154 Å². The minimum atomic E-state index is -0.935. The van der Waals surface area contributed by atoms with Crippen molar-refractivity contribution in [1.29, 1.82) is 0 Å². The number of nitrogens with zero attached hydrogens (tertiary/aromatic N) is 2. The van der Waals surface area contributed by atoms with Crippen LogP contribution in [-0.2, 0) is 18.9 Å². The molecule has 1 aromatic carbocycles. The summed E-state index contributed by atoms with van der Waals surface area (Å²) in [6, 6.07) is 2.78. The maximum atomic E-state index is 11.8. The van der Waals surface area contributed by atoms with Crippen molar-refractivity contribution in [2.75, 3.05) is 46.2 Å². The monoisotopic (exact) mass is 382 g/mol. The summed E-state index contributed by atoms with van der Waals surface area (Å²) < 4.78 is 20.3. The van der Waals surface area contributed by atoms with Crippen molar-refractivity contribution < 1.29 is 33.6 Å². The van der Waals surface area contributed by atoms with Gasteiger partial charge in [0.2, 0.25) is 0 Å². The Balaban J connectivity index is 2.27. The van der Waals surface area contributed by atoms with Crippen LogP contribution in [0.5, 0.6) is 0 Å². The Kier molecular flexibility index (Phi) is 10.0. The fourth-order valence-electron chi connectivity index (χ4n) is 1.80. The van der Waals surface area contributed by atoms with Gasteiger partial charge in [0.25, 0.3) is 0 Å². The Morgan fingerprint density at radius 3 is 2.04 bits per heavy atom. The Morgan fingerprint density at radius 1 is 0.926 bits per heavy atom. The standard InChI is InChI=1S/C16H18N2O9/c1-2-5-24-6-7-25-8-9-26-10-11-27-16(19)13-3-4-14(17(20)21)15(12-13)18(22)23/h1,3-4,12H,5-11H2. The highest BCUT2D eigenvalue weighted by Gasteiger charge is 2.26. The number of ether oxygens (including phenoxy) is 4. The minimum absolute atomic E-state index is 0.0884. The number of nitro benzene ring substituents is 2. The van der Waals surface area contributed by atoms with Gasteiger partial charge in [-0.2, -0.15) is 0 Å². The second kappa shape index (κ2) is 12.3. The number of benzene rings is 1. The molecular weight excluding hydrogens is 364 g/mol. The van der Waals surface area contributed by atoms with Gasteiger partial charge in [-0.25, -0.2) is 4.79 Å². The molecule has 0 aliphatic heterocycles. The number of carbonyl (C=O) groups is 1. The predicted octanol–water partition coefficient (Wildman–Crippen LogP) is 1.34. The molecule has 0 bridgehead atoms. The van der Waals surface area contributed by atoms with Crippen molar-refractivity contribution in [1.82, 2.24) is 0 Å². The molecule has 11 nitrogen and oxygen atoms in total. The van der Waals surface area contributed by atoms with E-state index in [-0.39, 0.29) is 32.0 Å². The number of hydrogen-bond acceptors (Lipinski definition) is 9. The molecule has 0 aromatic heterocycles. The van der Waals surface area contributed by atoms with Crippen molar-refractivity contribution in [3.63, 3.8) is 0 Å². The molecule has 0 amide bonds. The number of esters is 1. The van der Waals surface area contributed by atoms with E-state index < -0.39 is 27.2 Å². The van der Waals surface area contributed by atoms with Crippen LogP contribution in [0, 0.1) is 32.6 Å². The summed E-state index contributed by atoms with van der Waals surface area (Å²) in [5.41, 5.74) is -1.65. The SMILES string of the molecule is C#CCOCCOCCOCCOC(=O)c1ccc([N+](=O)[O-])c([N+](=O)[O-])c1. The molecule has 27 heavy (non-hydrogen) atoms. The van der Waals surface area contributed by atoms with Gasteiger partial charge >= 0.3 is 17.3 Å². The third-order valence-corrected chi connectivity index (χ3v) is 2.99. The van der Waals surface area contributed by atoms with E-state index in [1.54, 1.807) is 0 Å². The first-order chi connectivity index (χ1) is 13.0. The van der Waals surface area contributed by atoms with E-state index in [1.165, 1.54) is 0 Å². The zero-order valence-electron chi connectivity index (χ0n) is 14.3. The second-order valence-electron chi connectivity index (χ2n) is 4.84. The molecular formula is C16H18N2O9. The predicted molar refractivity (Wildman–Crippen MR) is 91.3 cm³/mol. The molecule has 0 radical (unpaired) electrons. The molecule has 1 rings (SSSR count). The molecule has 0 fully saturated rings. The molecule has 0 aliphatic carbocycles. The molecule has 0 saturated heterocycles. The molecule has 146 valence electrons. The van der Waals surface area contributed by atoms with E-state index in [2.05, 4.69) is 5.92 Å². The number of rotatable bonds is 13. The molecule has 0 heterocycles. The summed E-state index contributed by atoms with van der Waals surface area (Å²) in [5.74, 6) is 1.47. The van der Waals surface area contributed by atoms with Gasteiger partial charge < -0.3 is 18.9 Å². The number of carbonyl (C=O) groups excluding carboxylic acids is 1. The summed E-state index contributed by atoms with van der Waals surface area (Å²) in [5, 5.41) is 21.6. The maximum Gasteiger partial charge on any atom is 0.346 e. The van der Waals surface area contributed by atoms with Gasteiger partial charge in [-0.3, -0.25) is 20.2 Å². The van der Waals surface area contributed by atoms with Crippen LogP contribution in [0.2, 0.25) is 0 Å². The van der Waals surface area contributed by atoms with Crippen LogP contribution in [0.3, 0.4) is 0 Å². The lowest BCUT2D eigenvalue weighted by Crippen LogP contribution is -2.14. The summed E-state index contributed by atoms with van der Waals surface area (Å²) in [6.45, 7) is 1.58. The lowest BCUT2D eigenvalue weighted by atomic mass is 10.2. The van der Waals surface area contributed by atoms with Crippen LogP contribution in [0.1, 0.15) is 10.4 Å². The van der Waals surface area contributed by atoms with Crippen molar-refractivity contribution in [2.45, 2.75) is 0 Å². The maximum absolute atomic E-state index is 11.8. The molecule has 0 spiro atoms. The largest absolute Gasteiger partial charge is 0.460 e. The highest BCUT2D eigenvalue weighted by molar-refractivity contribution is 5.90. The van der Waals surface area contributed by atoms with Crippen LogP contribution in [0.4, 0.5) is 11.4 Å². The van der Waals surface area contributed by atoms with Crippen molar-refractivity contribution in [3.8, 4) is 12.3 Å². The van der Waals surface area contributed by atoms with E-state index in [0.717, 1.165) is 18.2 Å². The van der Waals surface area contributed by atoms with Crippen LogP contribution >= 0.6 is 0 Å². The molecule has 11 heteroatoms. The summed E-state index contributed by atoms with van der Waals surface area (Å²) in [4.78, 5) is 31.6.